The topological polar surface area (TPSA) is 76.7 Å². The standard InChI is InChI=1S/C14H15ClN2O4/c15-9-5-8(6-11-13(9)21-4-3-20-11)7-16-10-1-2-12(18)17-14(10)19/h5-6,10,16H,1-4,7H2,(H,17,18,19). The van der Waals surface area contributed by atoms with Gasteiger partial charge in [0.25, 0.3) is 0 Å². The van der Waals surface area contributed by atoms with Crippen LogP contribution in [0, 0.1) is 0 Å². The smallest absolute Gasteiger partial charge is 0.243 e. The molecule has 7 heteroatoms. The Balaban J connectivity index is 1.67. The molecule has 1 aromatic carbocycles. The normalized spacial score (nSPS) is 21.1. The van der Waals surface area contributed by atoms with Gasteiger partial charge in [-0.2, -0.15) is 0 Å². The van der Waals surface area contributed by atoms with Crippen LogP contribution in [0.1, 0.15) is 18.4 Å². The van der Waals surface area contributed by atoms with Crippen molar-refractivity contribution >= 4 is 23.4 Å². The molecule has 21 heavy (non-hydrogen) atoms. The van der Waals surface area contributed by atoms with Gasteiger partial charge in [0.1, 0.15) is 13.2 Å². The highest BCUT2D eigenvalue weighted by Crippen LogP contribution is 2.38. The minimum Gasteiger partial charge on any atom is -0.486 e. The Hall–Kier alpha value is -1.79. The highest BCUT2D eigenvalue weighted by atomic mass is 35.5. The maximum Gasteiger partial charge on any atom is 0.243 e. The van der Waals surface area contributed by atoms with Crippen LogP contribution in [0.3, 0.4) is 0 Å². The SMILES string of the molecule is O=C1CCC(NCc2cc(Cl)c3c(c2)OCCO3)C(=O)N1. The lowest BCUT2D eigenvalue weighted by atomic mass is 10.1. The van der Waals surface area contributed by atoms with E-state index in [-0.39, 0.29) is 17.9 Å². The summed E-state index contributed by atoms with van der Waals surface area (Å²) in [5.74, 6) is 0.678. The summed E-state index contributed by atoms with van der Waals surface area (Å²) in [5.41, 5.74) is 0.897. The number of fused-ring (bicyclic) bond motifs is 1. The van der Waals surface area contributed by atoms with E-state index in [1.807, 2.05) is 6.07 Å². The zero-order valence-electron chi connectivity index (χ0n) is 11.3. The number of rotatable bonds is 3. The van der Waals surface area contributed by atoms with Crippen LogP contribution < -0.4 is 20.1 Å². The minimum atomic E-state index is -0.366. The van der Waals surface area contributed by atoms with Gasteiger partial charge >= 0.3 is 0 Å². The lowest BCUT2D eigenvalue weighted by molar-refractivity contribution is -0.134. The maximum atomic E-state index is 11.7. The quantitative estimate of drug-likeness (QED) is 0.815. The van der Waals surface area contributed by atoms with Gasteiger partial charge in [-0.3, -0.25) is 14.9 Å². The Labute approximate surface area is 126 Å². The number of hydrogen-bond donors (Lipinski definition) is 2. The van der Waals surface area contributed by atoms with Crippen molar-refractivity contribution in [2.45, 2.75) is 25.4 Å². The summed E-state index contributed by atoms with van der Waals surface area (Å²) in [4.78, 5) is 22.8. The van der Waals surface area contributed by atoms with Crippen molar-refractivity contribution in [3.8, 4) is 11.5 Å². The number of benzene rings is 1. The third kappa shape index (κ3) is 3.11. The van der Waals surface area contributed by atoms with E-state index in [0.717, 1.165) is 5.56 Å². The van der Waals surface area contributed by atoms with E-state index >= 15 is 0 Å². The van der Waals surface area contributed by atoms with E-state index in [2.05, 4.69) is 10.6 Å². The molecule has 2 N–H and O–H groups in total. The Morgan fingerprint density at radius 3 is 2.90 bits per heavy atom. The number of nitrogens with one attached hydrogen (secondary N) is 2. The first-order valence-corrected chi connectivity index (χ1v) is 7.16. The number of amides is 2. The molecule has 0 saturated carbocycles. The largest absolute Gasteiger partial charge is 0.486 e. The minimum absolute atomic E-state index is 0.222. The fourth-order valence-corrected chi connectivity index (χ4v) is 2.68. The summed E-state index contributed by atoms with van der Waals surface area (Å²) >= 11 is 6.16. The second-order valence-corrected chi connectivity index (χ2v) is 5.39. The highest BCUT2D eigenvalue weighted by Gasteiger charge is 2.26. The zero-order chi connectivity index (χ0) is 14.8. The van der Waals surface area contributed by atoms with Gasteiger partial charge in [-0.05, 0) is 24.1 Å². The molecule has 0 aromatic heterocycles. The predicted octanol–water partition coefficient (Wildman–Crippen LogP) is 1.01. The van der Waals surface area contributed by atoms with Crippen LogP contribution in [0.25, 0.3) is 0 Å². The third-order valence-corrected chi connectivity index (χ3v) is 3.73. The van der Waals surface area contributed by atoms with Crippen LogP contribution in [-0.4, -0.2) is 31.1 Å². The summed E-state index contributed by atoms with van der Waals surface area (Å²) < 4.78 is 11.0. The Kier molecular flexibility index (Phi) is 3.98. The molecule has 2 amide bonds. The highest BCUT2D eigenvalue weighted by molar-refractivity contribution is 6.32. The molecule has 1 atom stereocenters. The van der Waals surface area contributed by atoms with Gasteiger partial charge in [0, 0.05) is 13.0 Å². The molecule has 0 aliphatic carbocycles. The number of carbonyl (C=O) groups is 2. The second kappa shape index (κ2) is 5.91. The predicted molar refractivity (Wildman–Crippen MR) is 75.5 cm³/mol. The Bertz CT molecular complexity index is 591. The lowest BCUT2D eigenvalue weighted by Gasteiger charge is -2.23. The number of halogens is 1. The van der Waals surface area contributed by atoms with E-state index in [0.29, 0.717) is 49.1 Å². The van der Waals surface area contributed by atoms with Gasteiger partial charge in [-0.15, -0.1) is 0 Å². The summed E-state index contributed by atoms with van der Waals surface area (Å²) in [5, 5.41) is 5.93. The molecule has 2 heterocycles. The fourth-order valence-electron chi connectivity index (χ4n) is 2.40. The number of piperidine rings is 1. The molecule has 1 fully saturated rings. The van der Waals surface area contributed by atoms with Gasteiger partial charge in [0.15, 0.2) is 11.5 Å². The van der Waals surface area contributed by atoms with Gasteiger partial charge in [0.05, 0.1) is 11.1 Å². The van der Waals surface area contributed by atoms with E-state index in [1.54, 1.807) is 6.07 Å². The monoisotopic (exact) mass is 310 g/mol. The van der Waals surface area contributed by atoms with Gasteiger partial charge < -0.3 is 14.8 Å². The first-order chi connectivity index (χ1) is 10.1. The van der Waals surface area contributed by atoms with Crippen LogP contribution in [0.2, 0.25) is 5.02 Å². The molecule has 1 aromatic rings. The van der Waals surface area contributed by atoms with E-state index in [9.17, 15) is 9.59 Å². The third-order valence-electron chi connectivity index (χ3n) is 3.45. The molecule has 112 valence electrons. The van der Waals surface area contributed by atoms with Crippen LogP contribution in [0.5, 0.6) is 11.5 Å². The van der Waals surface area contributed by atoms with Crippen LogP contribution in [0.4, 0.5) is 0 Å². The summed E-state index contributed by atoms with van der Waals surface area (Å²) in [6.45, 7) is 1.44. The van der Waals surface area contributed by atoms with Crippen LogP contribution in [0.15, 0.2) is 12.1 Å². The average Bonchev–Trinajstić information content (AvgIpc) is 2.46. The van der Waals surface area contributed by atoms with Crippen molar-refractivity contribution in [2.24, 2.45) is 0 Å². The molecule has 6 nitrogen and oxygen atoms in total. The first kappa shape index (κ1) is 14.2. The number of imide groups is 1. The van der Waals surface area contributed by atoms with Crippen molar-refractivity contribution in [1.29, 1.82) is 0 Å². The Morgan fingerprint density at radius 1 is 1.29 bits per heavy atom. The second-order valence-electron chi connectivity index (χ2n) is 4.99. The molecule has 1 unspecified atom stereocenters. The summed E-state index contributed by atoms with van der Waals surface area (Å²) in [6, 6.07) is 3.27. The van der Waals surface area contributed by atoms with Crippen LogP contribution in [-0.2, 0) is 16.1 Å². The van der Waals surface area contributed by atoms with E-state index < -0.39 is 0 Å². The van der Waals surface area contributed by atoms with Crippen molar-refractivity contribution < 1.29 is 19.1 Å². The molecular weight excluding hydrogens is 296 g/mol. The molecule has 2 aliphatic heterocycles. The van der Waals surface area contributed by atoms with Crippen molar-refractivity contribution in [2.75, 3.05) is 13.2 Å². The Morgan fingerprint density at radius 2 is 2.10 bits per heavy atom. The molecule has 1 saturated heterocycles. The number of ether oxygens (including phenoxy) is 2. The zero-order valence-corrected chi connectivity index (χ0v) is 12.0. The molecule has 0 spiro atoms. The number of hydrogen-bond acceptors (Lipinski definition) is 5. The van der Waals surface area contributed by atoms with Crippen molar-refractivity contribution in [3.05, 3.63) is 22.7 Å². The van der Waals surface area contributed by atoms with Gasteiger partial charge in [-0.25, -0.2) is 0 Å². The van der Waals surface area contributed by atoms with Gasteiger partial charge in [-0.1, -0.05) is 11.6 Å². The van der Waals surface area contributed by atoms with Crippen molar-refractivity contribution in [3.63, 3.8) is 0 Å². The molecule has 2 aliphatic rings. The summed E-state index contributed by atoms with van der Waals surface area (Å²) in [7, 11) is 0. The first-order valence-electron chi connectivity index (χ1n) is 6.78. The molecule has 3 rings (SSSR count). The van der Waals surface area contributed by atoms with Crippen LogP contribution >= 0.6 is 11.6 Å². The van der Waals surface area contributed by atoms with E-state index in [4.69, 9.17) is 21.1 Å². The summed E-state index contributed by atoms with van der Waals surface area (Å²) in [6.07, 6.45) is 0.855. The molecule has 0 bridgehead atoms. The maximum absolute atomic E-state index is 11.7. The van der Waals surface area contributed by atoms with E-state index in [1.165, 1.54) is 0 Å². The van der Waals surface area contributed by atoms with Gasteiger partial charge in [0.2, 0.25) is 11.8 Å². The average molecular weight is 311 g/mol. The molecular formula is C14H15ClN2O4. The number of carbonyl (C=O) groups excluding carboxylic acids is 2. The van der Waals surface area contributed by atoms with Crippen molar-refractivity contribution in [1.82, 2.24) is 10.6 Å². The molecule has 0 radical (unpaired) electrons. The fraction of sp³-hybridized carbons (Fsp3) is 0.429. The lowest BCUT2D eigenvalue weighted by Crippen LogP contribution is -2.50.